The van der Waals surface area contributed by atoms with Crippen molar-refractivity contribution in [3.05, 3.63) is 71.3 Å². The molecule has 3 aromatic rings. The fourth-order valence-electron chi connectivity index (χ4n) is 2.73. The first kappa shape index (κ1) is 22.6. The van der Waals surface area contributed by atoms with E-state index in [1.165, 1.54) is 34.1 Å². The molecule has 1 atom stereocenters. The highest BCUT2D eigenvalue weighted by molar-refractivity contribution is 8.00. The highest BCUT2D eigenvalue weighted by atomic mass is 32.2. The van der Waals surface area contributed by atoms with Crippen LogP contribution in [0.1, 0.15) is 43.6 Å². The van der Waals surface area contributed by atoms with Gasteiger partial charge < -0.3 is 15.9 Å². The van der Waals surface area contributed by atoms with E-state index in [-0.39, 0.29) is 18.3 Å². The molecule has 0 radical (unpaired) electrons. The summed E-state index contributed by atoms with van der Waals surface area (Å²) in [5.41, 5.74) is 2.05. The molecule has 7 nitrogen and oxygen atoms in total. The average molecular weight is 444 g/mol. The van der Waals surface area contributed by atoms with Gasteiger partial charge in [-0.05, 0) is 48.2 Å². The summed E-state index contributed by atoms with van der Waals surface area (Å²) in [5.74, 6) is 7.22. The van der Waals surface area contributed by atoms with Crippen molar-refractivity contribution < 1.29 is 13.9 Å². The molecule has 1 amide bonds. The highest BCUT2D eigenvalue weighted by Crippen LogP contribution is 2.22. The van der Waals surface area contributed by atoms with Crippen molar-refractivity contribution in [2.75, 3.05) is 5.84 Å². The molecule has 164 valence electrons. The number of thioether (sulfide) groups is 1. The van der Waals surface area contributed by atoms with Crippen molar-refractivity contribution in [1.29, 1.82) is 0 Å². The molecule has 31 heavy (non-hydrogen) atoms. The van der Waals surface area contributed by atoms with Crippen LogP contribution < -0.4 is 15.9 Å². The van der Waals surface area contributed by atoms with Crippen molar-refractivity contribution in [1.82, 2.24) is 20.2 Å². The van der Waals surface area contributed by atoms with E-state index in [0.29, 0.717) is 23.4 Å². The Kier molecular flexibility index (Phi) is 7.51. The van der Waals surface area contributed by atoms with Crippen LogP contribution in [0.2, 0.25) is 0 Å². The van der Waals surface area contributed by atoms with Gasteiger partial charge >= 0.3 is 0 Å². The maximum absolute atomic E-state index is 13.0. The normalized spacial score (nSPS) is 12.0. The summed E-state index contributed by atoms with van der Waals surface area (Å²) in [4.78, 5) is 12.4. The van der Waals surface area contributed by atoms with E-state index < -0.39 is 5.25 Å². The number of nitrogen functional groups attached to an aromatic ring is 1. The first-order valence-corrected chi connectivity index (χ1v) is 10.8. The zero-order valence-electron chi connectivity index (χ0n) is 17.7. The number of carbonyl (C=O) groups is 1. The van der Waals surface area contributed by atoms with Crippen LogP contribution in [0.3, 0.4) is 0 Å². The molecule has 0 aliphatic carbocycles. The Morgan fingerprint density at radius 2 is 1.81 bits per heavy atom. The van der Waals surface area contributed by atoms with Crippen LogP contribution in [0.25, 0.3) is 0 Å². The number of carbonyl (C=O) groups excluding carboxylic acids is 1. The Labute approximate surface area is 185 Å². The molecule has 9 heteroatoms. The molecular formula is C22H26FN5O2S. The van der Waals surface area contributed by atoms with Gasteiger partial charge in [-0.15, -0.1) is 10.2 Å². The third-order valence-corrected chi connectivity index (χ3v) is 5.74. The molecule has 3 rings (SSSR count). The second-order valence-corrected chi connectivity index (χ2v) is 8.69. The minimum absolute atomic E-state index is 0.163. The summed E-state index contributed by atoms with van der Waals surface area (Å²) >= 11 is 1.20. The first-order valence-electron chi connectivity index (χ1n) is 9.94. The largest absolute Gasteiger partial charge is 0.486 e. The lowest BCUT2D eigenvalue weighted by Gasteiger charge is -2.12. The zero-order chi connectivity index (χ0) is 22.4. The lowest BCUT2D eigenvalue weighted by atomic mass is 10.0. The standard InChI is InChI=1S/C22H26FN5O2S/c1-14(2)17-6-10-19(11-7-17)30-13-20-26-27-22(28(20)24)31-15(3)21(29)25-12-16-4-8-18(23)9-5-16/h4-11,14-15H,12-13,24H2,1-3H3,(H,25,29). The molecule has 0 saturated carbocycles. The summed E-state index contributed by atoms with van der Waals surface area (Å²) < 4.78 is 20.0. The van der Waals surface area contributed by atoms with Crippen LogP contribution in [-0.2, 0) is 17.9 Å². The lowest BCUT2D eigenvalue weighted by molar-refractivity contribution is -0.120. The number of nitrogens with two attached hydrogens (primary N) is 1. The lowest BCUT2D eigenvalue weighted by Crippen LogP contribution is -2.31. The van der Waals surface area contributed by atoms with Crippen LogP contribution in [0, 0.1) is 5.82 Å². The van der Waals surface area contributed by atoms with Crippen molar-refractivity contribution in [2.45, 2.75) is 50.2 Å². The van der Waals surface area contributed by atoms with Crippen LogP contribution >= 0.6 is 11.8 Å². The Bertz CT molecular complexity index is 1010. The van der Waals surface area contributed by atoms with Gasteiger partial charge in [0.05, 0.1) is 5.25 Å². The van der Waals surface area contributed by atoms with E-state index in [1.807, 2.05) is 24.3 Å². The molecule has 0 aliphatic heterocycles. The fourth-order valence-corrected chi connectivity index (χ4v) is 3.54. The van der Waals surface area contributed by atoms with Gasteiger partial charge in [-0.25, -0.2) is 9.07 Å². The van der Waals surface area contributed by atoms with Gasteiger partial charge in [0.2, 0.25) is 11.1 Å². The highest BCUT2D eigenvalue weighted by Gasteiger charge is 2.19. The molecule has 3 N–H and O–H groups in total. The number of aromatic nitrogens is 3. The number of ether oxygens (including phenoxy) is 1. The zero-order valence-corrected chi connectivity index (χ0v) is 18.5. The number of amides is 1. The Hall–Kier alpha value is -3.07. The number of benzene rings is 2. The van der Waals surface area contributed by atoms with Gasteiger partial charge in [0.1, 0.15) is 18.2 Å². The third kappa shape index (κ3) is 6.21. The molecule has 0 bridgehead atoms. The fraction of sp³-hybridized carbons (Fsp3) is 0.318. The van der Waals surface area contributed by atoms with Crippen molar-refractivity contribution in [3.63, 3.8) is 0 Å². The molecule has 0 aliphatic rings. The number of halogens is 1. The van der Waals surface area contributed by atoms with E-state index in [2.05, 4.69) is 29.4 Å². The van der Waals surface area contributed by atoms with Gasteiger partial charge in [0.25, 0.3) is 0 Å². The SMILES string of the molecule is CC(Sc1nnc(COc2ccc(C(C)C)cc2)n1N)C(=O)NCc1ccc(F)cc1. The minimum Gasteiger partial charge on any atom is -0.486 e. The molecule has 1 heterocycles. The smallest absolute Gasteiger partial charge is 0.233 e. The molecule has 0 spiro atoms. The van der Waals surface area contributed by atoms with Crippen molar-refractivity contribution in [3.8, 4) is 5.75 Å². The van der Waals surface area contributed by atoms with Crippen LogP contribution in [-0.4, -0.2) is 26.0 Å². The van der Waals surface area contributed by atoms with E-state index in [9.17, 15) is 9.18 Å². The summed E-state index contributed by atoms with van der Waals surface area (Å²) in [6.07, 6.45) is 0. The van der Waals surface area contributed by atoms with Gasteiger partial charge in [0, 0.05) is 6.54 Å². The second-order valence-electron chi connectivity index (χ2n) is 7.39. The average Bonchev–Trinajstić information content (AvgIpc) is 3.11. The number of rotatable bonds is 9. The predicted molar refractivity (Wildman–Crippen MR) is 119 cm³/mol. The predicted octanol–water partition coefficient (Wildman–Crippen LogP) is 3.63. The second kappa shape index (κ2) is 10.3. The molecule has 2 aromatic carbocycles. The van der Waals surface area contributed by atoms with Gasteiger partial charge in [-0.3, -0.25) is 4.79 Å². The molecule has 0 fully saturated rings. The Balaban J connectivity index is 1.51. The minimum atomic E-state index is -0.440. The Morgan fingerprint density at radius 1 is 1.13 bits per heavy atom. The number of hydrogen-bond acceptors (Lipinski definition) is 6. The van der Waals surface area contributed by atoms with E-state index in [0.717, 1.165) is 11.3 Å². The summed E-state index contributed by atoms with van der Waals surface area (Å²) in [5, 5.41) is 10.9. The van der Waals surface area contributed by atoms with Crippen molar-refractivity contribution in [2.24, 2.45) is 0 Å². The third-order valence-electron chi connectivity index (χ3n) is 4.68. The van der Waals surface area contributed by atoms with E-state index >= 15 is 0 Å². The van der Waals surface area contributed by atoms with Crippen LogP contribution in [0.5, 0.6) is 5.75 Å². The molecule has 1 aromatic heterocycles. The molecular weight excluding hydrogens is 417 g/mol. The summed E-state index contributed by atoms with van der Waals surface area (Å²) in [6, 6.07) is 13.9. The summed E-state index contributed by atoms with van der Waals surface area (Å²) in [7, 11) is 0. The van der Waals surface area contributed by atoms with Gasteiger partial charge in [0.15, 0.2) is 5.82 Å². The summed E-state index contributed by atoms with van der Waals surface area (Å²) in [6.45, 7) is 6.50. The molecule has 0 saturated heterocycles. The Morgan fingerprint density at radius 3 is 2.45 bits per heavy atom. The monoisotopic (exact) mass is 443 g/mol. The first-order chi connectivity index (χ1) is 14.8. The quantitative estimate of drug-likeness (QED) is 0.387. The maximum Gasteiger partial charge on any atom is 0.233 e. The van der Waals surface area contributed by atoms with Crippen LogP contribution in [0.15, 0.2) is 53.7 Å². The number of nitrogens with one attached hydrogen (secondary N) is 1. The van der Waals surface area contributed by atoms with E-state index in [1.54, 1.807) is 19.1 Å². The van der Waals surface area contributed by atoms with Gasteiger partial charge in [-0.1, -0.05) is 49.9 Å². The van der Waals surface area contributed by atoms with Gasteiger partial charge in [-0.2, -0.15) is 0 Å². The maximum atomic E-state index is 13.0. The van der Waals surface area contributed by atoms with E-state index in [4.69, 9.17) is 10.6 Å². The van der Waals surface area contributed by atoms with Crippen molar-refractivity contribution >= 4 is 17.7 Å². The number of hydrogen-bond donors (Lipinski definition) is 2. The topological polar surface area (TPSA) is 95.1 Å². The number of nitrogens with zero attached hydrogens (tertiary/aromatic N) is 3. The molecule has 1 unspecified atom stereocenters. The van der Waals surface area contributed by atoms with Crippen LogP contribution in [0.4, 0.5) is 4.39 Å².